The van der Waals surface area contributed by atoms with Crippen LogP contribution in [-0.2, 0) is 11.3 Å². The first kappa shape index (κ1) is 25.0. The predicted octanol–water partition coefficient (Wildman–Crippen LogP) is 4.89. The van der Waals surface area contributed by atoms with Crippen molar-refractivity contribution < 1.29 is 23.5 Å². The number of piperidine rings is 1. The maximum absolute atomic E-state index is 13.0. The average molecular weight is 493 g/mol. The van der Waals surface area contributed by atoms with Gasteiger partial charge in [-0.1, -0.05) is 18.2 Å². The Morgan fingerprint density at radius 1 is 1.06 bits per heavy atom. The summed E-state index contributed by atoms with van der Waals surface area (Å²) in [6.07, 6.45) is 2.68. The number of amides is 3. The number of anilines is 1. The maximum Gasteiger partial charge on any atom is 0.321 e. The summed E-state index contributed by atoms with van der Waals surface area (Å²) in [5, 5.41) is 5.74. The van der Waals surface area contributed by atoms with Gasteiger partial charge in [0.15, 0.2) is 11.5 Å². The normalized spacial score (nSPS) is 13.7. The molecule has 1 aromatic heterocycles. The van der Waals surface area contributed by atoms with Crippen molar-refractivity contribution in [3.05, 3.63) is 77.7 Å². The predicted molar refractivity (Wildman–Crippen MR) is 134 cm³/mol. The first-order chi connectivity index (χ1) is 17.4. The van der Waals surface area contributed by atoms with E-state index in [1.165, 1.54) is 18.3 Å². The fraction of sp³-hybridized carbons (Fsp3) is 0.296. The van der Waals surface area contributed by atoms with Crippen LogP contribution >= 0.6 is 0 Å². The largest absolute Gasteiger partial charge is 0.493 e. The summed E-state index contributed by atoms with van der Waals surface area (Å²) in [5.41, 5.74) is 2.44. The second-order valence-corrected chi connectivity index (χ2v) is 8.68. The highest BCUT2D eigenvalue weighted by Crippen LogP contribution is 2.31. The number of ether oxygens (including phenoxy) is 2. The van der Waals surface area contributed by atoms with E-state index < -0.39 is 0 Å². The van der Waals surface area contributed by atoms with Gasteiger partial charge in [0.2, 0.25) is 11.8 Å². The molecule has 0 saturated carbocycles. The molecule has 0 atom stereocenters. The third kappa shape index (κ3) is 6.50. The highest BCUT2D eigenvalue weighted by Gasteiger charge is 2.27. The molecule has 188 valence electrons. The number of hydrogen-bond acceptors (Lipinski definition) is 5. The van der Waals surface area contributed by atoms with Crippen molar-refractivity contribution in [2.45, 2.75) is 26.3 Å². The van der Waals surface area contributed by atoms with Gasteiger partial charge in [-0.25, -0.2) is 14.2 Å². The van der Waals surface area contributed by atoms with Crippen LogP contribution in [0.25, 0.3) is 0 Å². The van der Waals surface area contributed by atoms with Crippen molar-refractivity contribution in [1.29, 1.82) is 0 Å². The van der Waals surface area contributed by atoms with Crippen LogP contribution in [0.15, 0.2) is 60.8 Å². The zero-order valence-electron chi connectivity index (χ0n) is 20.3. The molecule has 0 spiro atoms. The number of likely N-dealkylation sites (tertiary alicyclic amines) is 1. The molecule has 2 N–H and O–H groups in total. The van der Waals surface area contributed by atoms with Crippen molar-refractivity contribution in [2.24, 2.45) is 5.92 Å². The summed E-state index contributed by atoms with van der Waals surface area (Å²) in [6.45, 7) is 3.27. The molecule has 2 heterocycles. The smallest absolute Gasteiger partial charge is 0.321 e. The van der Waals surface area contributed by atoms with Gasteiger partial charge in [0.1, 0.15) is 5.82 Å². The lowest BCUT2D eigenvalue weighted by Crippen LogP contribution is -2.44. The van der Waals surface area contributed by atoms with E-state index in [4.69, 9.17) is 9.47 Å². The molecule has 9 heteroatoms. The van der Waals surface area contributed by atoms with Gasteiger partial charge < -0.3 is 25.0 Å². The lowest BCUT2D eigenvalue weighted by Gasteiger charge is -2.31. The van der Waals surface area contributed by atoms with Crippen LogP contribution in [0.1, 0.15) is 24.0 Å². The van der Waals surface area contributed by atoms with Crippen molar-refractivity contribution in [2.75, 3.05) is 25.5 Å². The van der Waals surface area contributed by atoms with Crippen molar-refractivity contribution in [3.8, 4) is 17.4 Å². The summed E-state index contributed by atoms with van der Waals surface area (Å²) in [6, 6.07) is 14.8. The van der Waals surface area contributed by atoms with E-state index in [1.54, 1.807) is 36.3 Å². The number of aryl methyl sites for hydroxylation is 1. The Morgan fingerprint density at radius 3 is 2.47 bits per heavy atom. The molecule has 2 aromatic carbocycles. The van der Waals surface area contributed by atoms with E-state index in [-0.39, 0.29) is 23.7 Å². The van der Waals surface area contributed by atoms with Crippen molar-refractivity contribution in [1.82, 2.24) is 15.2 Å². The van der Waals surface area contributed by atoms with Crippen LogP contribution in [0.5, 0.6) is 17.4 Å². The number of aromatic nitrogens is 1. The number of nitrogens with one attached hydrogen (secondary N) is 2. The summed E-state index contributed by atoms with van der Waals surface area (Å²) in [4.78, 5) is 31.1. The molecule has 4 rings (SSSR count). The number of rotatable bonds is 7. The number of nitrogens with zero attached hydrogens (tertiary/aromatic N) is 2. The first-order valence-electron chi connectivity index (χ1n) is 11.8. The Hall–Kier alpha value is -4.14. The molecule has 8 nitrogen and oxygen atoms in total. The summed E-state index contributed by atoms with van der Waals surface area (Å²) in [5.74, 6) is 1.02. The van der Waals surface area contributed by atoms with E-state index in [0.717, 1.165) is 11.1 Å². The Balaban J connectivity index is 1.23. The Bertz CT molecular complexity index is 1190. The fourth-order valence-electron chi connectivity index (χ4n) is 3.97. The maximum atomic E-state index is 13.0. The molecule has 3 amide bonds. The molecule has 0 aliphatic carbocycles. The van der Waals surface area contributed by atoms with Crippen molar-refractivity contribution >= 4 is 17.6 Å². The van der Waals surface area contributed by atoms with E-state index in [1.807, 2.05) is 25.1 Å². The van der Waals surface area contributed by atoms with Crippen LogP contribution < -0.4 is 20.1 Å². The minimum atomic E-state index is -0.307. The van der Waals surface area contributed by atoms with Gasteiger partial charge in [-0.3, -0.25) is 4.79 Å². The van der Waals surface area contributed by atoms with E-state index in [2.05, 4.69) is 15.6 Å². The second-order valence-electron chi connectivity index (χ2n) is 8.68. The van der Waals surface area contributed by atoms with Gasteiger partial charge in [0.05, 0.1) is 19.0 Å². The molecule has 0 radical (unpaired) electrons. The summed E-state index contributed by atoms with van der Waals surface area (Å²) in [7, 11) is 1.58. The van der Waals surface area contributed by atoms with Gasteiger partial charge in [-0.2, -0.15) is 0 Å². The molecular weight excluding hydrogens is 463 g/mol. The van der Waals surface area contributed by atoms with Gasteiger partial charge in [0, 0.05) is 31.6 Å². The molecule has 0 bridgehead atoms. The number of methoxy groups -OCH3 is 1. The standard InChI is InChI=1S/C27H29FN4O4/c1-18-3-9-23(24(15-18)35-2)36-25-10-8-22(17-29-25)31-27(34)32-13-11-20(12-14-32)26(33)30-16-19-4-6-21(28)7-5-19/h3-10,15,17,20H,11-14,16H2,1-2H3,(H,30,33)(H,31,34). The molecule has 3 aromatic rings. The van der Waals surface area contributed by atoms with Gasteiger partial charge in [-0.05, 0) is 61.2 Å². The van der Waals surface area contributed by atoms with E-state index >= 15 is 0 Å². The SMILES string of the molecule is COc1cc(C)ccc1Oc1ccc(NC(=O)N2CCC(C(=O)NCc3ccc(F)cc3)CC2)cn1. The average Bonchev–Trinajstić information content (AvgIpc) is 2.90. The fourth-order valence-corrected chi connectivity index (χ4v) is 3.97. The van der Waals surface area contributed by atoms with E-state index in [0.29, 0.717) is 55.5 Å². The third-order valence-electron chi connectivity index (χ3n) is 6.05. The minimum Gasteiger partial charge on any atom is -0.493 e. The zero-order valence-corrected chi connectivity index (χ0v) is 20.3. The molecular formula is C27H29FN4O4. The quantitative estimate of drug-likeness (QED) is 0.490. The van der Waals surface area contributed by atoms with Crippen LogP contribution in [0, 0.1) is 18.7 Å². The molecule has 0 unspecified atom stereocenters. The molecule has 1 aliphatic heterocycles. The second kappa shape index (κ2) is 11.5. The third-order valence-corrected chi connectivity index (χ3v) is 6.05. The van der Waals surface area contributed by atoms with Crippen LogP contribution in [0.2, 0.25) is 0 Å². The number of halogens is 1. The highest BCUT2D eigenvalue weighted by atomic mass is 19.1. The number of carbonyl (C=O) groups excluding carboxylic acids is 2. The monoisotopic (exact) mass is 492 g/mol. The van der Waals surface area contributed by atoms with Gasteiger partial charge in [0.25, 0.3) is 0 Å². The lowest BCUT2D eigenvalue weighted by molar-refractivity contribution is -0.126. The van der Waals surface area contributed by atoms with E-state index in [9.17, 15) is 14.0 Å². The Labute approximate surface area is 209 Å². The number of benzene rings is 2. The Kier molecular flexibility index (Phi) is 7.99. The number of urea groups is 1. The highest BCUT2D eigenvalue weighted by molar-refractivity contribution is 5.89. The summed E-state index contributed by atoms with van der Waals surface area (Å²) < 4.78 is 24.2. The topological polar surface area (TPSA) is 92.8 Å². The number of carbonyl (C=O) groups is 2. The Morgan fingerprint density at radius 2 is 1.81 bits per heavy atom. The molecule has 36 heavy (non-hydrogen) atoms. The minimum absolute atomic E-state index is 0.0515. The zero-order chi connectivity index (χ0) is 25.5. The molecule has 1 aliphatic rings. The molecule has 1 saturated heterocycles. The van der Waals surface area contributed by atoms with Crippen LogP contribution in [0.4, 0.5) is 14.9 Å². The van der Waals surface area contributed by atoms with Crippen LogP contribution in [-0.4, -0.2) is 42.0 Å². The summed E-state index contributed by atoms with van der Waals surface area (Å²) >= 11 is 0. The number of pyridine rings is 1. The van der Waals surface area contributed by atoms with Crippen LogP contribution in [0.3, 0.4) is 0 Å². The van der Waals surface area contributed by atoms with Gasteiger partial charge >= 0.3 is 6.03 Å². The first-order valence-corrected chi connectivity index (χ1v) is 11.8. The number of hydrogen-bond donors (Lipinski definition) is 2. The van der Waals surface area contributed by atoms with Crippen molar-refractivity contribution in [3.63, 3.8) is 0 Å². The van der Waals surface area contributed by atoms with Gasteiger partial charge in [-0.15, -0.1) is 0 Å². The molecule has 1 fully saturated rings. The lowest BCUT2D eigenvalue weighted by atomic mass is 9.96.